The van der Waals surface area contributed by atoms with Gasteiger partial charge in [0.2, 0.25) is 0 Å². The molecule has 3 aromatic rings. The van der Waals surface area contributed by atoms with Crippen molar-refractivity contribution in [2.75, 3.05) is 43.6 Å². The Hall–Kier alpha value is -3.09. The summed E-state index contributed by atoms with van der Waals surface area (Å²) in [6.07, 6.45) is 0. The highest BCUT2D eigenvalue weighted by molar-refractivity contribution is 6.36. The number of esters is 1. The third-order valence-corrected chi connectivity index (χ3v) is 5.46. The Morgan fingerprint density at radius 3 is 2.53 bits per heavy atom. The Kier molecular flexibility index (Phi) is 5.88. The molecule has 1 N–H and O–H groups in total. The summed E-state index contributed by atoms with van der Waals surface area (Å²) < 4.78 is 10.3. The molecule has 154 valence electrons. The van der Waals surface area contributed by atoms with Crippen molar-refractivity contribution in [3.05, 3.63) is 70.7 Å². The molecule has 0 spiro atoms. The zero-order valence-corrected chi connectivity index (χ0v) is 17.2. The Morgan fingerprint density at radius 1 is 1.03 bits per heavy atom. The zero-order chi connectivity index (χ0) is 21.1. The lowest BCUT2D eigenvalue weighted by molar-refractivity contribution is 0.0600. The van der Waals surface area contributed by atoms with E-state index in [1.54, 1.807) is 30.3 Å². The minimum atomic E-state index is -0.462. The number of methoxy groups -OCH3 is 1. The Morgan fingerprint density at radius 2 is 1.77 bits per heavy atom. The zero-order valence-electron chi connectivity index (χ0n) is 16.5. The predicted molar refractivity (Wildman–Crippen MR) is 118 cm³/mol. The molecule has 1 aliphatic heterocycles. The van der Waals surface area contributed by atoms with E-state index in [-0.39, 0.29) is 5.91 Å². The fourth-order valence-electron chi connectivity index (χ4n) is 3.62. The number of benzene rings is 3. The van der Waals surface area contributed by atoms with Gasteiger partial charge in [0.1, 0.15) is 0 Å². The fourth-order valence-corrected chi connectivity index (χ4v) is 3.86. The van der Waals surface area contributed by atoms with Crippen LogP contribution in [0.25, 0.3) is 10.8 Å². The van der Waals surface area contributed by atoms with Crippen LogP contribution in [0.15, 0.2) is 54.6 Å². The molecule has 4 rings (SSSR count). The first-order valence-corrected chi connectivity index (χ1v) is 10.00. The standard InChI is InChI=1S/C23H21ClN2O4/c1-29-23(28)15-8-9-21(26-10-12-30-13-11-26)20(14-15)25-22(27)18-6-2-5-17-16(18)4-3-7-19(17)24/h2-9,14H,10-13H2,1H3,(H,25,27). The SMILES string of the molecule is COC(=O)c1ccc(N2CCOCC2)c(NC(=O)c2cccc3c(Cl)cccc23)c1. The molecule has 0 unspecified atom stereocenters. The number of hydrogen-bond acceptors (Lipinski definition) is 5. The van der Waals surface area contributed by atoms with E-state index in [4.69, 9.17) is 21.1 Å². The van der Waals surface area contributed by atoms with E-state index in [2.05, 4.69) is 10.2 Å². The van der Waals surface area contributed by atoms with Crippen LogP contribution < -0.4 is 10.2 Å². The molecule has 7 heteroatoms. The minimum absolute atomic E-state index is 0.278. The quantitative estimate of drug-likeness (QED) is 0.630. The van der Waals surface area contributed by atoms with Crippen LogP contribution in [0.1, 0.15) is 20.7 Å². The number of amides is 1. The van der Waals surface area contributed by atoms with Gasteiger partial charge in [0.25, 0.3) is 5.91 Å². The molecule has 1 amide bonds. The number of morpholine rings is 1. The number of nitrogens with one attached hydrogen (secondary N) is 1. The van der Waals surface area contributed by atoms with Gasteiger partial charge in [0, 0.05) is 29.1 Å². The van der Waals surface area contributed by atoms with E-state index in [1.165, 1.54) is 7.11 Å². The van der Waals surface area contributed by atoms with E-state index in [9.17, 15) is 9.59 Å². The minimum Gasteiger partial charge on any atom is -0.465 e. The van der Waals surface area contributed by atoms with Crippen LogP contribution in [0.4, 0.5) is 11.4 Å². The van der Waals surface area contributed by atoms with Gasteiger partial charge in [-0.2, -0.15) is 0 Å². The molecular formula is C23H21ClN2O4. The van der Waals surface area contributed by atoms with Crippen molar-refractivity contribution in [2.24, 2.45) is 0 Å². The number of fused-ring (bicyclic) bond motifs is 1. The second kappa shape index (κ2) is 8.73. The fraction of sp³-hybridized carbons (Fsp3) is 0.217. The summed E-state index contributed by atoms with van der Waals surface area (Å²) in [5, 5.41) is 5.14. The molecule has 0 saturated carbocycles. The Labute approximate surface area is 179 Å². The largest absolute Gasteiger partial charge is 0.465 e. The molecule has 1 heterocycles. The number of ether oxygens (including phenoxy) is 2. The molecule has 0 atom stereocenters. The first kappa shape index (κ1) is 20.2. The number of carbonyl (C=O) groups is 2. The molecule has 3 aromatic carbocycles. The maximum absolute atomic E-state index is 13.2. The molecule has 0 radical (unpaired) electrons. The summed E-state index contributed by atoms with van der Waals surface area (Å²) in [5.41, 5.74) is 2.25. The van der Waals surface area contributed by atoms with Crippen LogP contribution in [0, 0.1) is 0 Å². The highest BCUT2D eigenvalue weighted by Crippen LogP contribution is 2.31. The number of carbonyl (C=O) groups excluding carboxylic acids is 2. The molecule has 30 heavy (non-hydrogen) atoms. The highest BCUT2D eigenvalue weighted by atomic mass is 35.5. The van der Waals surface area contributed by atoms with Gasteiger partial charge in [-0.15, -0.1) is 0 Å². The van der Waals surface area contributed by atoms with Crippen LogP contribution >= 0.6 is 11.6 Å². The van der Waals surface area contributed by atoms with Crippen LogP contribution in [-0.4, -0.2) is 45.3 Å². The molecule has 0 bridgehead atoms. The first-order chi connectivity index (χ1) is 14.6. The van der Waals surface area contributed by atoms with E-state index in [0.29, 0.717) is 48.1 Å². The van der Waals surface area contributed by atoms with Crippen molar-refractivity contribution < 1.29 is 19.1 Å². The molecule has 0 aliphatic carbocycles. The number of hydrogen-bond donors (Lipinski definition) is 1. The monoisotopic (exact) mass is 424 g/mol. The third kappa shape index (κ3) is 3.97. The normalized spacial score (nSPS) is 13.9. The van der Waals surface area contributed by atoms with Crippen LogP contribution in [0.2, 0.25) is 5.02 Å². The maximum Gasteiger partial charge on any atom is 0.337 e. The lowest BCUT2D eigenvalue weighted by atomic mass is 10.0. The van der Waals surface area contributed by atoms with Gasteiger partial charge in [-0.05, 0) is 35.7 Å². The number of nitrogens with zero attached hydrogens (tertiary/aromatic N) is 1. The Bertz CT molecular complexity index is 1110. The average molecular weight is 425 g/mol. The third-order valence-electron chi connectivity index (χ3n) is 5.13. The van der Waals surface area contributed by atoms with Crippen molar-refractivity contribution in [1.82, 2.24) is 0 Å². The highest BCUT2D eigenvalue weighted by Gasteiger charge is 2.20. The lowest BCUT2D eigenvalue weighted by Gasteiger charge is -2.30. The lowest BCUT2D eigenvalue weighted by Crippen LogP contribution is -2.36. The molecule has 6 nitrogen and oxygen atoms in total. The van der Waals surface area contributed by atoms with Crippen molar-refractivity contribution >= 4 is 45.6 Å². The molecule has 0 aromatic heterocycles. The number of halogens is 1. The van der Waals surface area contributed by atoms with Gasteiger partial charge in [-0.3, -0.25) is 4.79 Å². The van der Waals surface area contributed by atoms with Gasteiger partial charge in [0.15, 0.2) is 0 Å². The van der Waals surface area contributed by atoms with Crippen molar-refractivity contribution in [2.45, 2.75) is 0 Å². The molecule has 1 saturated heterocycles. The van der Waals surface area contributed by atoms with Gasteiger partial charge in [-0.1, -0.05) is 35.9 Å². The van der Waals surface area contributed by atoms with Gasteiger partial charge < -0.3 is 19.7 Å². The first-order valence-electron chi connectivity index (χ1n) is 9.62. The van der Waals surface area contributed by atoms with E-state index < -0.39 is 5.97 Å². The summed E-state index contributed by atoms with van der Waals surface area (Å²) in [5.74, 6) is -0.740. The summed E-state index contributed by atoms with van der Waals surface area (Å²) in [6, 6.07) is 16.1. The van der Waals surface area contributed by atoms with Crippen LogP contribution in [-0.2, 0) is 9.47 Å². The predicted octanol–water partition coefficient (Wildman–Crippen LogP) is 4.37. The summed E-state index contributed by atoms with van der Waals surface area (Å²) in [6.45, 7) is 2.61. The summed E-state index contributed by atoms with van der Waals surface area (Å²) >= 11 is 6.29. The summed E-state index contributed by atoms with van der Waals surface area (Å²) in [4.78, 5) is 27.4. The summed E-state index contributed by atoms with van der Waals surface area (Å²) in [7, 11) is 1.33. The van der Waals surface area contributed by atoms with Crippen molar-refractivity contribution in [3.63, 3.8) is 0 Å². The van der Waals surface area contributed by atoms with E-state index >= 15 is 0 Å². The Balaban J connectivity index is 1.73. The number of anilines is 2. The molecule has 1 aliphatic rings. The van der Waals surface area contributed by atoms with Gasteiger partial charge in [0.05, 0.1) is 37.3 Å². The smallest absolute Gasteiger partial charge is 0.337 e. The van der Waals surface area contributed by atoms with Crippen LogP contribution in [0.5, 0.6) is 0 Å². The van der Waals surface area contributed by atoms with Gasteiger partial charge >= 0.3 is 5.97 Å². The molecular weight excluding hydrogens is 404 g/mol. The van der Waals surface area contributed by atoms with E-state index in [0.717, 1.165) is 16.5 Å². The van der Waals surface area contributed by atoms with Crippen molar-refractivity contribution in [3.8, 4) is 0 Å². The maximum atomic E-state index is 13.2. The topological polar surface area (TPSA) is 67.9 Å². The van der Waals surface area contributed by atoms with Crippen LogP contribution in [0.3, 0.4) is 0 Å². The average Bonchev–Trinajstić information content (AvgIpc) is 2.79. The molecule has 1 fully saturated rings. The second-order valence-electron chi connectivity index (χ2n) is 6.92. The van der Waals surface area contributed by atoms with Crippen molar-refractivity contribution in [1.29, 1.82) is 0 Å². The number of rotatable bonds is 4. The second-order valence-corrected chi connectivity index (χ2v) is 7.32. The van der Waals surface area contributed by atoms with Gasteiger partial charge in [-0.25, -0.2) is 4.79 Å². The van der Waals surface area contributed by atoms with E-state index in [1.807, 2.05) is 24.3 Å².